The highest BCUT2D eigenvalue weighted by atomic mass is 16.4. The first kappa shape index (κ1) is 9.77. The van der Waals surface area contributed by atoms with Crippen molar-refractivity contribution in [1.29, 1.82) is 0 Å². The summed E-state index contributed by atoms with van der Waals surface area (Å²) in [6.45, 7) is 5.43. The molecule has 4 heteroatoms. The van der Waals surface area contributed by atoms with Crippen molar-refractivity contribution in [2.24, 2.45) is 0 Å². The summed E-state index contributed by atoms with van der Waals surface area (Å²) in [5.74, 6) is -1.25. The van der Waals surface area contributed by atoms with Crippen molar-refractivity contribution in [3.8, 4) is 0 Å². The van der Waals surface area contributed by atoms with Crippen LogP contribution in [0.25, 0.3) is 0 Å². The number of carboxylic acids is 1. The molecule has 1 fully saturated rings. The Morgan fingerprint density at radius 1 is 1.62 bits per heavy atom. The average molecular weight is 183 g/mol. The van der Waals surface area contributed by atoms with Gasteiger partial charge in [0.25, 0.3) is 0 Å². The maximum Gasteiger partial charge on any atom is 0.329 e. The van der Waals surface area contributed by atoms with Crippen molar-refractivity contribution >= 4 is 11.9 Å². The molecule has 1 amide bonds. The van der Waals surface area contributed by atoms with Gasteiger partial charge in [0.1, 0.15) is 5.54 Å². The molecule has 1 atom stereocenters. The Morgan fingerprint density at radius 2 is 2.23 bits per heavy atom. The first-order chi connectivity index (χ1) is 6.02. The number of hydrogen-bond acceptors (Lipinski definition) is 2. The van der Waals surface area contributed by atoms with Crippen molar-refractivity contribution in [2.45, 2.75) is 25.3 Å². The van der Waals surface area contributed by atoms with Crippen LogP contribution in [0.4, 0.5) is 0 Å². The van der Waals surface area contributed by atoms with Gasteiger partial charge in [0, 0.05) is 6.54 Å². The van der Waals surface area contributed by atoms with Crippen molar-refractivity contribution in [3.05, 3.63) is 12.7 Å². The smallest absolute Gasteiger partial charge is 0.329 e. The molecule has 0 saturated carbocycles. The molecular weight excluding hydrogens is 170 g/mol. The largest absolute Gasteiger partial charge is 0.480 e. The Labute approximate surface area is 76.8 Å². The van der Waals surface area contributed by atoms with E-state index in [-0.39, 0.29) is 5.91 Å². The van der Waals surface area contributed by atoms with Gasteiger partial charge in [0.2, 0.25) is 5.91 Å². The van der Waals surface area contributed by atoms with Gasteiger partial charge >= 0.3 is 5.97 Å². The lowest BCUT2D eigenvalue weighted by molar-refractivity contribution is -0.153. The van der Waals surface area contributed by atoms with Crippen molar-refractivity contribution in [3.63, 3.8) is 0 Å². The van der Waals surface area contributed by atoms with Gasteiger partial charge in [-0.15, -0.1) is 0 Å². The predicted molar refractivity (Wildman–Crippen MR) is 47.2 cm³/mol. The second-order valence-electron chi connectivity index (χ2n) is 3.38. The Kier molecular flexibility index (Phi) is 2.40. The third-order valence-electron chi connectivity index (χ3n) is 2.54. The van der Waals surface area contributed by atoms with Crippen molar-refractivity contribution in [1.82, 2.24) is 4.90 Å². The average Bonchev–Trinajstić information content (AvgIpc) is 2.47. The minimum Gasteiger partial charge on any atom is -0.480 e. The summed E-state index contributed by atoms with van der Waals surface area (Å²) in [6.07, 6.45) is 2.41. The van der Waals surface area contributed by atoms with Crippen LogP contribution in [-0.4, -0.2) is 34.0 Å². The molecule has 1 heterocycles. The highest BCUT2D eigenvalue weighted by molar-refractivity contribution is 5.93. The molecule has 0 aliphatic carbocycles. The molecule has 72 valence electrons. The van der Waals surface area contributed by atoms with Crippen LogP contribution in [0.5, 0.6) is 0 Å². The minimum absolute atomic E-state index is 0.303. The Hall–Kier alpha value is -1.32. The second-order valence-corrected chi connectivity index (χ2v) is 3.38. The molecule has 0 bridgehead atoms. The highest BCUT2D eigenvalue weighted by Gasteiger charge is 2.44. The van der Waals surface area contributed by atoms with Crippen molar-refractivity contribution in [2.75, 3.05) is 6.54 Å². The molecule has 0 radical (unpaired) electrons. The van der Waals surface area contributed by atoms with Gasteiger partial charge in [0.15, 0.2) is 0 Å². The lowest BCUT2D eigenvalue weighted by atomic mass is 9.99. The van der Waals surface area contributed by atoms with Crippen LogP contribution in [0.2, 0.25) is 0 Å². The zero-order chi connectivity index (χ0) is 10.1. The lowest BCUT2D eigenvalue weighted by Gasteiger charge is -2.30. The molecule has 0 aromatic heterocycles. The molecular formula is C9H13NO3. The fourth-order valence-corrected chi connectivity index (χ4v) is 1.65. The monoisotopic (exact) mass is 183 g/mol. The number of carbonyl (C=O) groups is 2. The summed E-state index contributed by atoms with van der Waals surface area (Å²) in [7, 11) is 0. The molecule has 1 aliphatic heterocycles. The molecule has 13 heavy (non-hydrogen) atoms. The van der Waals surface area contributed by atoms with Gasteiger partial charge < -0.3 is 10.0 Å². The van der Waals surface area contributed by atoms with Crippen LogP contribution >= 0.6 is 0 Å². The molecule has 0 spiro atoms. The molecule has 1 saturated heterocycles. The molecule has 1 aliphatic rings. The summed E-state index contributed by atoms with van der Waals surface area (Å²) < 4.78 is 0. The summed E-state index contributed by atoms with van der Waals surface area (Å²) in [6, 6.07) is 0. The van der Waals surface area contributed by atoms with Crippen LogP contribution in [0.3, 0.4) is 0 Å². The molecule has 0 aromatic carbocycles. The Morgan fingerprint density at radius 3 is 2.69 bits per heavy atom. The van der Waals surface area contributed by atoms with E-state index in [1.165, 1.54) is 4.90 Å². The van der Waals surface area contributed by atoms with Crippen LogP contribution < -0.4 is 0 Å². The number of likely N-dealkylation sites (tertiary alicyclic amines) is 1. The summed E-state index contributed by atoms with van der Waals surface area (Å²) in [5, 5.41) is 8.96. The zero-order valence-electron chi connectivity index (χ0n) is 7.62. The number of rotatable bonds is 2. The van der Waals surface area contributed by atoms with E-state index in [0.717, 1.165) is 12.5 Å². The van der Waals surface area contributed by atoms with E-state index in [0.29, 0.717) is 13.0 Å². The Bertz CT molecular complexity index is 262. The maximum atomic E-state index is 11.3. The van der Waals surface area contributed by atoms with E-state index >= 15 is 0 Å². The van der Waals surface area contributed by atoms with E-state index in [1.54, 1.807) is 6.92 Å². The predicted octanol–water partition coefficient (Wildman–Crippen LogP) is 0.638. The standard InChI is InChI=1S/C9H13NO3/c1-3-7(11)10-6-4-5-9(10,2)8(12)13/h3H,1,4-6H2,2H3,(H,12,13). The number of carboxylic acid groups (broad SMARTS) is 1. The number of nitrogens with zero attached hydrogens (tertiary/aromatic N) is 1. The van der Waals surface area contributed by atoms with Gasteiger partial charge in [-0.2, -0.15) is 0 Å². The van der Waals surface area contributed by atoms with Gasteiger partial charge in [-0.05, 0) is 25.8 Å². The number of hydrogen-bond donors (Lipinski definition) is 1. The first-order valence-electron chi connectivity index (χ1n) is 4.20. The van der Waals surface area contributed by atoms with Crippen LogP contribution in [0.15, 0.2) is 12.7 Å². The summed E-state index contributed by atoms with van der Waals surface area (Å²) in [5.41, 5.74) is -1.04. The quantitative estimate of drug-likeness (QED) is 0.639. The molecule has 1 N–H and O–H groups in total. The molecule has 0 aromatic rings. The van der Waals surface area contributed by atoms with E-state index in [2.05, 4.69) is 6.58 Å². The van der Waals surface area contributed by atoms with E-state index in [9.17, 15) is 9.59 Å². The van der Waals surface area contributed by atoms with Gasteiger partial charge in [-0.1, -0.05) is 6.58 Å². The summed E-state index contributed by atoms with van der Waals surface area (Å²) in [4.78, 5) is 23.6. The van der Waals surface area contributed by atoms with Gasteiger partial charge in [-0.3, -0.25) is 4.79 Å². The zero-order valence-corrected chi connectivity index (χ0v) is 7.62. The van der Waals surface area contributed by atoms with Crippen LogP contribution in [0.1, 0.15) is 19.8 Å². The number of carbonyl (C=O) groups excluding carboxylic acids is 1. The topological polar surface area (TPSA) is 57.6 Å². The highest BCUT2D eigenvalue weighted by Crippen LogP contribution is 2.29. The maximum absolute atomic E-state index is 11.3. The Balaban J connectivity index is 2.91. The third-order valence-corrected chi connectivity index (χ3v) is 2.54. The number of aliphatic carboxylic acids is 1. The van der Waals surface area contributed by atoms with E-state index in [1.807, 2.05) is 0 Å². The first-order valence-corrected chi connectivity index (χ1v) is 4.20. The van der Waals surface area contributed by atoms with Gasteiger partial charge in [-0.25, -0.2) is 4.79 Å². The van der Waals surface area contributed by atoms with E-state index in [4.69, 9.17) is 5.11 Å². The molecule has 1 rings (SSSR count). The normalized spacial score (nSPS) is 27.3. The fraction of sp³-hybridized carbons (Fsp3) is 0.556. The number of amides is 1. The summed E-state index contributed by atoms with van der Waals surface area (Å²) >= 11 is 0. The van der Waals surface area contributed by atoms with Crippen molar-refractivity contribution < 1.29 is 14.7 Å². The van der Waals surface area contributed by atoms with Crippen LogP contribution in [0, 0.1) is 0 Å². The molecule has 1 unspecified atom stereocenters. The SMILES string of the molecule is C=CC(=O)N1CCCC1(C)C(=O)O. The van der Waals surface area contributed by atoms with Crippen LogP contribution in [-0.2, 0) is 9.59 Å². The van der Waals surface area contributed by atoms with Gasteiger partial charge in [0.05, 0.1) is 0 Å². The molecule has 4 nitrogen and oxygen atoms in total. The fourth-order valence-electron chi connectivity index (χ4n) is 1.65. The lowest BCUT2D eigenvalue weighted by Crippen LogP contribution is -2.50. The second kappa shape index (κ2) is 3.20. The minimum atomic E-state index is -1.04. The van der Waals surface area contributed by atoms with E-state index < -0.39 is 11.5 Å². The third kappa shape index (κ3) is 1.43.